The Bertz CT molecular complexity index is 504. The molecule has 0 aromatic heterocycles. The summed E-state index contributed by atoms with van der Waals surface area (Å²) in [5, 5.41) is 12.0. The highest BCUT2D eigenvalue weighted by Gasteiger charge is 2.38. The van der Waals surface area contributed by atoms with Crippen LogP contribution in [0.15, 0.2) is 24.3 Å². The highest BCUT2D eigenvalue weighted by molar-refractivity contribution is 6.01. The van der Waals surface area contributed by atoms with E-state index in [1.807, 2.05) is 19.1 Å². The van der Waals surface area contributed by atoms with Crippen molar-refractivity contribution in [3.63, 3.8) is 0 Å². The molecule has 1 aliphatic heterocycles. The van der Waals surface area contributed by atoms with Crippen LogP contribution in [-0.4, -0.2) is 42.9 Å². The lowest BCUT2D eigenvalue weighted by Crippen LogP contribution is -2.48. The van der Waals surface area contributed by atoms with E-state index in [1.54, 1.807) is 12.1 Å². The summed E-state index contributed by atoms with van der Waals surface area (Å²) in [5.41, 5.74) is 1.54. The van der Waals surface area contributed by atoms with Gasteiger partial charge in [-0.3, -0.25) is 4.90 Å². The first-order chi connectivity index (χ1) is 9.65. The Balaban J connectivity index is 2.10. The highest BCUT2D eigenvalue weighted by Crippen LogP contribution is 2.31. The van der Waals surface area contributed by atoms with E-state index in [-0.39, 0.29) is 0 Å². The SMILES string of the molecule is CCOCCNC(=O)N1c2ccccc2CC1C(=O)O. The quantitative estimate of drug-likeness (QED) is 0.794. The number of hydrogen-bond donors (Lipinski definition) is 2. The second-order valence-corrected chi connectivity index (χ2v) is 4.49. The van der Waals surface area contributed by atoms with Gasteiger partial charge >= 0.3 is 12.0 Å². The summed E-state index contributed by atoms with van der Waals surface area (Å²) in [6, 6.07) is 6.00. The maximum absolute atomic E-state index is 12.2. The number of rotatable bonds is 5. The van der Waals surface area contributed by atoms with Gasteiger partial charge in [0.05, 0.1) is 6.61 Å². The number of amides is 2. The molecule has 0 fully saturated rings. The molecule has 0 radical (unpaired) electrons. The number of nitrogens with zero attached hydrogens (tertiary/aromatic N) is 1. The number of hydrogen-bond acceptors (Lipinski definition) is 3. The van der Waals surface area contributed by atoms with Crippen LogP contribution in [0.5, 0.6) is 0 Å². The number of carbonyl (C=O) groups excluding carboxylic acids is 1. The fraction of sp³-hybridized carbons (Fsp3) is 0.429. The van der Waals surface area contributed by atoms with Gasteiger partial charge in [0.15, 0.2) is 0 Å². The number of ether oxygens (including phenoxy) is 1. The lowest BCUT2D eigenvalue weighted by Gasteiger charge is -2.23. The van der Waals surface area contributed by atoms with Crippen LogP contribution in [0.1, 0.15) is 12.5 Å². The zero-order valence-electron chi connectivity index (χ0n) is 11.3. The molecule has 1 aromatic rings. The summed E-state index contributed by atoms with van der Waals surface area (Å²) >= 11 is 0. The topological polar surface area (TPSA) is 78.9 Å². The Kier molecular flexibility index (Phi) is 4.57. The van der Waals surface area contributed by atoms with Crippen molar-refractivity contribution >= 4 is 17.7 Å². The Hall–Kier alpha value is -2.08. The third-order valence-electron chi connectivity index (χ3n) is 3.21. The van der Waals surface area contributed by atoms with E-state index in [9.17, 15) is 14.7 Å². The molecule has 1 atom stereocenters. The van der Waals surface area contributed by atoms with Crippen molar-refractivity contribution in [3.8, 4) is 0 Å². The number of aliphatic carboxylic acids is 1. The van der Waals surface area contributed by atoms with E-state index in [0.717, 1.165) is 5.56 Å². The number of anilines is 1. The molecular weight excluding hydrogens is 260 g/mol. The van der Waals surface area contributed by atoms with Crippen LogP contribution < -0.4 is 10.2 Å². The molecular formula is C14H18N2O4. The van der Waals surface area contributed by atoms with Crippen LogP contribution in [-0.2, 0) is 16.0 Å². The van der Waals surface area contributed by atoms with Gasteiger partial charge in [-0.15, -0.1) is 0 Å². The van der Waals surface area contributed by atoms with Crippen molar-refractivity contribution in [2.45, 2.75) is 19.4 Å². The first-order valence-electron chi connectivity index (χ1n) is 6.60. The summed E-state index contributed by atoms with van der Waals surface area (Å²) in [6.45, 7) is 3.23. The summed E-state index contributed by atoms with van der Waals surface area (Å²) in [4.78, 5) is 24.8. The van der Waals surface area contributed by atoms with Gasteiger partial charge in [0.2, 0.25) is 0 Å². The number of carbonyl (C=O) groups is 2. The Morgan fingerprint density at radius 2 is 2.20 bits per heavy atom. The molecule has 0 saturated heterocycles. The molecule has 108 valence electrons. The standard InChI is InChI=1S/C14H18N2O4/c1-2-20-8-7-15-14(19)16-11-6-4-3-5-10(11)9-12(16)13(17)18/h3-6,12H,2,7-9H2,1H3,(H,15,19)(H,17,18). The molecule has 0 bridgehead atoms. The van der Waals surface area contributed by atoms with Crippen LogP contribution in [0, 0.1) is 0 Å². The minimum absolute atomic E-state index is 0.338. The van der Waals surface area contributed by atoms with Crippen molar-refractivity contribution in [1.82, 2.24) is 5.32 Å². The largest absolute Gasteiger partial charge is 0.480 e. The van der Waals surface area contributed by atoms with E-state index in [4.69, 9.17) is 4.74 Å². The van der Waals surface area contributed by atoms with Gasteiger partial charge in [0.25, 0.3) is 0 Å². The second kappa shape index (κ2) is 6.38. The van der Waals surface area contributed by atoms with Gasteiger partial charge in [-0.25, -0.2) is 9.59 Å². The average Bonchev–Trinajstić information content (AvgIpc) is 2.83. The zero-order valence-corrected chi connectivity index (χ0v) is 11.3. The molecule has 1 aromatic carbocycles. The summed E-state index contributed by atoms with van der Waals surface area (Å²) in [7, 11) is 0. The van der Waals surface area contributed by atoms with Crippen molar-refractivity contribution in [2.75, 3.05) is 24.7 Å². The second-order valence-electron chi connectivity index (χ2n) is 4.49. The minimum Gasteiger partial charge on any atom is -0.480 e. The predicted molar refractivity (Wildman–Crippen MR) is 73.9 cm³/mol. The summed E-state index contributed by atoms with van der Waals surface area (Å²) in [5.74, 6) is -0.999. The van der Waals surface area contributed by atoms with Crippen molar-refractivity contribution in [3.05, 3.63) is 29.8 Å². The molecule has 6 heteroatoms. The van der Waals surface area contributed by atoms with Gasteiger partial charge in [-0.1, -0.05) is 18.2 Å². The van der Waals surface area contributed by atoms with Crippen LogP contribution in [0.2, 0.25) is 0 Å². The Morgan fingerprint density at radius 3 is 2.90 bits per heavy atom. The van der Waals surface area contributed by atoms with Gasteiger partial charge < -0.3 is 15.2 Å². The van der Waals surface area contributed by atoms with Gasteiger partial charge in [0.1, 0.15) is 6.04 Å². The van der Waals surface area contributed by atoms with Crippen LogP contribution in [0.25, 0.3) is 0 Å². The van der Waals surface area contributed by atoms with E-state index >= 15 is 0 Å². The number of nitrogens with one attached hydrogen (secondary N) is 1. The molecule has 6 nitrogen and oxygen atoms in total. The fourth-order valence-corrected chi connectivity index (χ4v) is 2.29. The van der Waals surface area contributed by atoms with Crippen molar-refractivity contribution in [2.24, 2.45) is 0 Å². The first kappa shape index (κ1) is 14.3. The molecule has 2 rings (SSSR count). The normalized spacial score (nSPS) is 16.9. The van der Waals surface area contributed by atoms with Gasteiger partial charge in [-0.2, -0.15) is 0 Å². The molecule has 0 saturated carbocycles. The van der Waals surface area contributed by atoms with E-state index in [2.05, 4.69) is 5.32 Å². The zero-order chi connectivity index (χ0) is 14.5. The van der Waals surface area contributed by atoms with E-state index in [0.29, 0.717) is 31.9 Å². The molecule has 20 heavy (non-hydrogen) atoms. The van der Waals surface area contributed by atoms with E-state index in [1.165, 1.54) is 4.90 Å². The van der Waals surface area contributed by atoms with Crippen LogP contribution >= 0.6 is 0 Å². The monoisotopic (exact) mass is 278 g/mol. The molecule has 0 aliphatic carbocycles. The number of para-hydroxylation sites is 1. The Labute approximate surface area is 117 Å². The van der Waals surface area contributed by atoms with Gasteiger partial charge in [0, 0.05) is 25.3 Å². The fourth-order valence-electron chi connectivity index (χ4n) is 2.29. The smallest absolute Gasteiger partial charge is 0.327 e. The lowest BCUT2D eigenvalue weighted by molar-refractivity contribution is -0.138. The summed E-state index contributed by atoms with van der Waals surface area (Å²) < 4.78 is 5.14. The maximum atomic E-state index is 12.2. The molecule has 1 unspecified atom stereocenters. The van der Waals surface area contributed by atoms with E-state index < -0.39 is 18.0 Å². The number of carboxylic acids is 1. The first-order valence-corrected chi connectivity index (χ1v) is 6.60. The molecule has 2 amide bonds. The third-order valence-corrected chi connectivity index (χ3v) is 3.21. The number of urea groups is 1. The van der Waals surface area contributed by atoms with Crippen LogP contribution in [0.3, 0.4) is 0 Å². The summed E-state index contributed by atoms with van der Waals surface area (Å²) in [6.07, 6.45) is 0.338. The number of fused-ring (bicyclic) bond motifs is 1. The maximum Gasteiger partial charge on any atom is 0.327 e. The Morgan fingerprint density at radius 1 is 1.45 bits per heavy atom. The minimum atomic E-state index is -0.999. The molecule has 1 aliphatic rings. The van der Waals surface area contributed by atoms with Crippen LogP contribution in [0.4, 0.5) is 10.5 Å². The number of benzene rings is 1. The molecule has 1 heterocycles. The number of carboxylic acid groups (broad SMARTS) is 1. The highest BCUT2D eigenvalue weighted by atomic mass is 16.5. The molecule has 2 N–H and O–H groups in total. The third kappa shape index (κ3) is 2.91. The van der Waals surface area contributed by atoms with Crippen molar-refractivity contribution < 1.29 is 19.4 Å². The lowest BCUT2D eigenvalue weighted by atomic mass is 10.1. The average molecular weight is 278 g/mol. The predicted octanol–water partition coefficient (Wildman–Crippen LogP) is 1.25. The molecule has 0 spiro atoms. The van der Waals surface area contributed by atoms with Crippen molar-refractivity contribution in [1.29, 1.82) is 0 Å². The van der Waals surface area contributed by atoms with Gasteiger partial charge in [-0.05, 0) is 18.6 Å².